The molecule has 4 nitrogen and oxygen atoms in total. The molecule has 8 heteroatoms. The Hall–Kier alpha value is -2.32. The van der Waals surface area contributed by atoms with E-state index in [1.165, 1.54) is 34.8 Å². The second-order valence-corrected chi connectivity index (χ2v) is 8.16. The molecule has 1 saturated heterocycles. The molecular formula is C18H14F2N4S2. The lowest BCUT2D eigenvalue weighted by atomic mass is 10.3. The van der Waals surface area contributed by atoms with Crippen molar-refractivity contribution in [3.05, 3.63) is 48.0 Å². The Balaban J connectivity index is 1.36. The van der Waals surface area contributed by atoms with Gasteiger partial charge in [0.1, 0.15) is 22.7 Å². The van der Waals surface area contributed by atoms with E-state index in [9.17, 15) is 8.78 Å². The first-order valence-electron chi connectivity index (χ1n) is 8.29. The Bertz CT molecular complexity index is 1010. The lowest BCUT2D eigenvalue weighted by Gasteiger charge is -2.34. The fraction of sp³-hybridized carbons (Fsp3) is 0.222. The summed E-state index contributed by atoms with van der Waals surface area (Å²) in [5.74, 6) is -0.555. The van der Waals surface area contributed by atoms with Crippen LogP contribution < -0.4 is 9.80 Å². The molecule has 0 aliphatic carbocycles. The van der Waals surface area contributed by atoms with Gasteiger partial charge in [0.05, 0.1) is 9.40 Å². The predicted octanol–water partition coefficient (Wildman–Crippen LogP) is 4.51. The molecule has 2 aromatic carbocycles. The van der Waals surface area contributed by atoms with E-state index in [2.05, 4.69) is 19.8 Å². The number of hydrogen-bond donors (Lipinski definition) is 0. The van der Waals surface area contributed by atoms with Crippen molar-refractivity contribution in [2.45, 2.75) is 0 Å². The predicted molar refractivity (Wildman–Crippen MR) is 104 cm³/mol. The minimum Gasteiger partial charge on any atom is -0.345 e. The summed E-state index contributed by atoms with van der Waals surface area (Å²) < 4.78 is 29.5. The highest BCUT2D eigenvalue weighted by atomic mass is 32.1. The van der Waals surface area contributed by atoms with Crippen molar-refractivity contribution in [2.75, 3.05) is 36.0 Å². The van der Waals surface area contributed by atoms with Gasteiger partial charge in [0.15, 0.2) is 10.3 Å². The fourth-order valence-corrected chi connectivity index (χ4v) is 5.23. The molecule has 0 spiro atoms. The monoisotopic (exact) mass is 388 g/mol. The molecule has 1 aliphatic heterocycles. The Morgan fingerprint density at radius 2 is 1.12 bits per heavy atom. The summed E-state index contributed by atoms with van der Waals surface area (Å²) in [6.07, 6.45) is 0. The van der Waals surface area contributed by atoms with Gasteiger partial charge in [0, 0.05) is 26.2 Å². The van der Waals surface area contributed by atoms with Gasteiger partial charge in [-0.05, 0) is 24.3 Å². The third-order valence-corrected chi connectivity index (χ3v) is 6.70. The first-order chi connectivity index (χ1) is 12.7. The lowest BCUT2D eigenvalue weighted by Crippen LogP contribution is -2.46. The molecule has 0 amide bonds. The molecule has 0 bridgehead atoms. The smallest absolute Gasteiger partial charge is 0.186 e. The van der Waals surface area contributed by atoms with Crippen LogP contribution in [0.15, 0.2) is 36.4 Å². The zero-order chi connectivity index (χ0) is 17.7. The van der Waals surface area contributed by atoms with Crippen LogP contribution in [0.5, 0.6) is 0 Å². The number of thiazole rings is 2. The average Bonchev–Trinajstić information content (AvgIpc) is 3.28. The summed E-state index contributed by atoms with van der Waals surface area (Å²) in [4.78, 5) is 13.3. The normalized spacial score (nSPS) is 15.3. The number of benzene rings is 2. The highest BCUT2D eigenvalue weighted by Crippen LogP contribution is 2.33. The van der Waals surface area contributed by atoms with Gasteiger partial charge in [-0.1, -0.05) is 34.8 Å². The lowest BCUT2D eigenvalue weighted by molar-refractivity contribution is 0.633. The Morgan fingerprint density at radius 3 is 1.50 bits per heavy atom. The number of anilines is 2. The topological polar surface area (TPSA) is 32.3 Å². The van der Waals surface area contributed by atoms with Crippen LogP contribution in [0.4, 0.5) is 19.0 Å². The van der Waals surface area contributed by atoms with Gasteiger partial charge in [-0.3, -0.25) is 0 Å². The Kier molecular flexibility index (Phi) is 3.75. The third kappa shape index (κ3) is 2.60. The van der Waals surface area contributed by atoms with Gasteiger partial charge in [0.2, 0.25) is 0 Å². The number of piperazine rings is 1. The van der Waals surface area contributed by atoms with Crippen LogP contribution >= 0.6 is 22.7 Å². The molecule has 2 aromatic heterocycles. The minimum atomic E-state index is -0.278. The molecule has 0 saturated carbocycles. The zero-order valence-electron chi connectivity index (χ0n) is 13.7. The van der Waals surface area contributed by atoms with Gasteiger partial charge >= 0.3 is 0 Å². The highest BCUT2D eigenvalue weighted by Gasteiger charge is 2.23. The van der Waals surface area contributed by atoms with E-state index in [4.69, 9.17) is 0 Å². The minimum absolute atomic E-state index is 0.278. The van der Waals surface area contributed by atoms with E-state index in [1.807, 2.05) is 12.1 Å². The van der Waals surface area contributed by atoms with E-state index in [1.54, 1.807) is 12.1 Å². The molecule has 5 rings (SSSR count). The Labute approximate surface area is 156 Å². The summed E-state index contributed by atoms with van der Waals surface area (Å²) in [7, 11) is 0. The van der Waals surface area contributed by atoms with Crippen molar-refractivity contribution in [2.24, 2.45) is 0 Å². The van der Waals surface area contributed by atoms with Crippen LogP contribution in [0.1, 0.15) is 0 Å². The van der Waals surface area contributed by atoms with E-state index in [0.717, 1.165) is 45.8 Å². The molecule has 4 aromatic rings. The number of fused-ring (bicyclic) bond motifs is 2. The van der Waals surface area contributed by atoms with Crippen LogP contribution in [-0.2, 0) is 0 Å². The molecule has 1 aliphatic rings. The van der Waals surface area contributed by atoms with Crippen LogP contribution in [0, 0.1) is 11.6 Å². The van der Waals surface area contributed by atoms with Crippen molar-refractivity contribution in [3.63, 3.8) is 0 Å². The molecule has 26 heavy (non-hydrogen) atoms. The maximum absolute atomic E-state index is 13.9. The summed E-state index contributed by atoms with van der Waals surface area (Å²) in [6, 6.07) is 10.1. The van der Waals surface area contributed by atoms with E-state index < -0.39 is 0 Å². The maximum Gasteiger partial charge on any atom is 0.186 e. The van der Waals surface area contributed by atoms with Crippen LogP contribution in [-0.4, -0.2) is 36.1 Å². The first kappa shape index (κ1) is 15.9. The van der Waals surface area contributed by atoms with Crippen molar-refractivity contribution in [1.29, 1.82) is 0 Å². The number of halogens is 2. The van der Waals surface area contributed by atoms with Crippen LogP contribution in [0.3, 0.4) is 0 Å². The molecule has 0 N–H and O–H groups in total. The fourth-order valence-electron chi connectivity index (χ4n) is 3.17. The van der Waals surface area contributed by atoms with E-state index in [0.29, 0.717) is 11.0 Å². The second kappa shape index (κ2) is 6.14. The average molecular weight is 388 g/mol. The van der Waals surface area contributed by atoms with Gasteiger partial charge in [-0.25, -0.2) is 18.7 Å². The molecule has 1 fully saturated rings. The van der Waals surface area contributed by atoms with Gasteiger partial charge in [-0.2, -0.15) is 0 Å². The molecule has 0 atom stereocenters. The van der Waals surface area contributed by atoms with Crippen molar-refractivity contribution in [1.82, 2.24) is 9.97 Å². The SMILES string of the molecule is Fc1cccc2sc(N3CCN(c4nc5c(F)cccc5s4)CC3)nc12. The zero-order valence-corrected chi connectivity index (χ0v) is 15.3. The van der Waals surface area contributed by atoms with E-state index in [-0.39, 0.29) is 11.6 Å². The molecule has 0 unspecified atom stereocenters. The maximum atomic E-state index is 13.9. The molecule has 0 radical (unpaired) electrons. The summed E-state index contributed by atoms with van der Waals surface area (Å²) in [6.45, 7) is 3.11. The number of rotatable bonds is 2. The van der Waals surface area contributed by atoms with Crippen molar-refractivity contribution in [3.8, 4) is 0 Å². The number of hydrogen-bond acceptors (Lipinski definition) is 6. The summed E-state index contributed by atoms with van der Waals surface area (Å²) in [5, 5.41) is 1.69. The molecule has 132 valence electrons. The number of para-hydroxylation sites is 2. The standard InChI is InChI=1S/C18H14F2N4S2/c19-11-3-1-5-13-15(11)21-17(25-13)23-7-9-24(10-8-23)18-22-16-12(20)4-2-6-14(16)26-18/h1-6H,7-10H2. The van der Waals surface area contributed by atoms with Crippen molar-refractivity contribution >= 4 is 53.4 Å². The number of aromatic nitrogens is 2. The molecular weight excluding hydrogens is 374 g/mol. The number of nitrogens with zero attached hydrogens (tertiary/aromatic N) is 4. The van der Waals surface area contributed by atoms with Gasteiger partial charge in [0.25, 0.3) is 0 Å². The Morgan fingerprint density at radius 1 is 0.692 bits per heavy atom. The second-order valence-electron chi connectivity index (χ2n) is 6.14. The largest absolute Gasteiger partial charge is 0.345 e. The first-order valence-corrected chi connectivity index (χ1v) is 9.92. The summed E-state index contributed by atoms with van der Waals surface area (Å²) >= 11 is 3.03. The van der Waals surface area contributed by atoms with Crippen molar-refractivity contribution < 1.29 is 8.78 Å². The highest BCUT2D eigenvalue weighted by molar-refractivity contribution is 7.22. The van der Waals surface area contributed by atoms with Crippen LogP contribution in [0.25, 0.3) is 20.4 Å². The summed E-state index contributed by atoms with van der Waals surface area (Å²) in [5.41, 5.74) is 0.883. The van der Waals surface area contributed by atoms with E-state index >= 15 is 0 Å². The van der Waals surface area contributed by atoms with Gasteiger partial charge in [-0.15, -0.1) is 0 Å². The van der Waals surface area contributed by atoms with Crippen LogP contribution in [0.2, 0.25) is 0 Å². The quantitative estimate of drug-likeness (QED) is 0.506. The van der Waals surface area contributed by atoms with Gasteiger partial charge < -0.3 is 9.80 Å². The third-order valence-electron chi connectivity index (χ3n) is 4.54. The molecule has 3 heterocycles.